The number of rotatable bonds is 16. The number of hydrogen-bond acceptors (Lipinski definition) is 15. The molecule has 0 aliphatic carbocycles. The molecule has 2 aromatic carbocycles. The number of aliphatic hydroxyl groups is 6. The molecule has 1 saturated heterocycles. The molecule has 252 valence electrons. The van der Waals surface area contributed by atoms with E-state index in [1.807, 2.05) is 0 Å². The molecule has 3 rings (SSSR count). The summed E-state index contributed by atoms with van der Waals surface area (Å²) in [6, 6.07) is 6.64. The van der Waals surface area contributed by atoms with Crippen molar-refractivity contribution >= 4 is 5.78 Å². The summed E-state index contributed by atoms with van der Waals surface area (Å²) < 4.78 is 27.1. The molecule has 2 aromatic rings. The lowest BCUT2D eigenvalue weighted by Crippen LogP contribution is -2.62. The second-order valence-electron chi connectivity index (χ2n) is 10.6. The van der Waals surface area contributed by atoms with Gasteiger partial charge >= 0.3 is 0 Å². The summed E-state index contributed by atoms with van der Waals surface area (Å²) in [7, 11) is 1.29. The Bertz CT molecular complexity index is 1230. The number of aliphatic hydroxyl groups excluding tert-OH is 6. The molecule has 9 N–H and O–H groups in total. The molecular weight excluding hydrogens is 600 g/mol. The minimum absolute atomic E-state index is 0.0520. The maximum Gasteiger partial charge on any atom is 0.229 e. The molecule has 0 saturated carbocycles. The lowest BCUT2D eigenvalue weighted by Gasteiger charge is -2.43. The van der Waals surface area contributed by atoms with Gasteiger partial charge in [-0.25, -0.2) is 0 Å². The van der Waals surface area contributed by atoms with Gasteiger partial charge in [0.2, 0.25) is 6.29 Å². The Morgan fingerprint density at radius 3 is 2.24 bits per heavy atom. The third-order valence-electron chi connectivity index (χ3n) is 7.32. The van der Waals surface area contributed by atoms with Gasteiger partial charge in [0.05, 0.1) is 25.9 Å². The van der Waals surface area contributed by atoms with Crippen LogP contribution in [0.5, 0.6) is 28.7 Å². The zero-order valence-corrected chi connectivity index (χ0v) is 25.1. The van der Waals surface area contributed by atoms with Gasteiger partial charge in [0, 0.05) is 25.7 Å². The third kappa shape index (κ3) is 8.94. The van der Waals surface area contributed by atoms with Crippen LogP contribution >= 0.6 is 0 Å². The highest BCUT2D eigenvalue weighted by molar-refractivity contribution is 6.01. The van der Waals surface area contributed by atoms with Crippen LogP contribution in [0.1, 0.15) is 36.2 Å². The molecule has 0 bridgehead atoms. The molecule has 15 heteroatoms. The van der Waals surface area contributed by atoms with Gasteiger partial charge in [-0.3, -0.25) is 4.79 Å². The fourth-order valence-corrected chi connectivity index (χ4v) is 4.84. The highest BCUT2D eigenvalue weighted by Gasteiger charge is 2.48. The number of aromatic hydroxyl groups is 3. The van der Waals surface area contributed by atoms with Crippen molar-refractivity contribution in [1.29, 1.82) is 0 Å². The molecule has 1 fully saturated rings. The Hall–Kier alpha value is -3.25. The Balaban J connectivity index is 1.77. The van der Waals surface area contributed by atoms with Crippen LogP contribution in [0.25, 0.3) is 0 Å². The topological polar surface area (TPSA) is 245 Å². The Labute approximate surface area is 259 Å². The first-order valence-electron chi connectivity index (χ1n) is 14.3. The summed E-state index contributed by atoms with van der Waals surface area (Å²) in [5.41, 5.74) is 0.288. The number of benzene rings is 2. The van der Waals surface area contributed by atoms with Gasteiger partial charge in [0.25, 0.3) is 0 Å². The minimum atomic E-state index is -1.75. The molecule has 1 heterocycles. The number of carbonyl (C=O) groups is 1. The van der Waals surface area contributed by atoms with Gasteiger partial charge in [-0.2, -0.15) is 0 Å². The molecule has 0 spiro atoms. The molecule has 15 nitrogen and oxygen atoms in total. The summed E-state index contributed by atoms with van der Waals surface area (Å²) in [5.74, 6) is -1.92. The largest absolute Gasteiger partial charge is 0.507 e. The molecule has 0 aromatic heterocycles. The summed E-state index contributed by atoms with van der Waals surface area (Å²) in [5, 5.41) is 92.6. The van der Waals surface area contributed by atoms with Crippen LogP contribution in [0.2, 0.25) is 0 Å². The number of ether oxygens (including phenoxy) is 5. The van der Waals surface area contributed by atoms with Crippen LogP contribution in [0, 0.1) is 0 Å². The maximum absolute atomic E-state index is 12.9. The fourth-order valence-electron chi connectivity index (χ4n) is 4.84. The second kappa shape index (κ2) is 16.4. The number of ketones is 1. The molecule has 1 aliphatic rings. The van der Waals surface area contributed by atoms with Crippen LogP contribution in [0.15, 0.2) is 30.3 Å². The quantitative estimate of drug-likeness (QED) is 0.103. The van der Waals surface area contributed by atoms with E-state index >= 15 is 0 Å². The Kier molecular flexibility index (Phi) is 13.2. The number of methoxy groups -OCH3 is 1. The molecule has 9 unspecified atom stereocenters. The predicted octanol–water partition coefficient (Wildman–Crippen LogP) is -0.662. The van der Waals surface area contributed by atoms with Gasteiger partial charge < -0.3 is 69.6 Å². The van der Waals surface area contributed by atoms with E-state index in [1.165, 1.54) is 20.1 Å². The summed E-state index contributed by atoms with van der Waals surface area (Å²) in [4.78, 5) is 12.9. The fraction of sp³-hybridized carbons (Fsp3) is 0.567. The summed E-state index contributed by atoms with van der Waals surface area (Å²) >= 11 is 0. The molecule has 0 amide bonds. The zero-order chi connectivity index (χ0) is 33.4. The molecule has 1 aliphatic heterocycles. The average Bonchev–Trinajstić information content (AvgIpc) is 3.00. The zero-order valence-electron chi connectivity index (χ0n) is 25.1. The van der Waals surface area contributed by atoms with E-state index in [9.17, 15) is 50.8 Å². The Morgan fingerprint density at radius 2 is 1.64 bits per heavy atom. The standard InChI is InChI=1S/C30H42O15/c1-4-42-22-9-15(5-7-17(22)32)6-8-18(33)24-19(34)10-16(11-20(24)35)44-30-29(28(40)27(39)23(12-31)45-30)43-14(2)25(37)26(38)21(36)13-41-3/h5,7,9-11,14,21,23,25-32,34-40H,4,6,8,12-13H2,1-3H3. The van der Waals surface area contributed by atoms with E-state index < -0.39 is 79.0 Å². The van der Waals surface area contributed by atoms with Crippen LogP contribution in [-0.4, -0.2) is 134 Å². The summed E-state index contributed by atoms with van der Waals surface area (Å²) in [6.45, 7) is 2.37. The van der Waals surface area contributed by atoms with E-state index in [1.54, 1.807) is 19.1 Å². The van der Waals surface area contributed by atoms with Crippen molar-refractivity contribution in [3.63, 3.8) is 0 Å². The second-order valence-corrected chi connectivity index (χ2v) is 10.6. The van der Waals surface area contributed by atoms with E-state index in [0.717, 1.165) is 12.1 Å². The van der Waals surface area contributed by atoms with Crippen LogP contribution in [-0.2, 0) is 20.6 Å². The normalized spacial score (nSPS) is 24.4. The number of Topliss-reactive ketones (excluding diaryl/α,β-unsaturated/α-hetero) is 1. The number of phenols is 3. The van der Waals surface area contributed by atoms with E-state index in [-0.39, 0.29) is 42.3 Å². The number of aryl methyl sites for hydroxylation is 1. The lowest BCUT2D eigenvalue weighted by atomic mass is 9.98. The number of carbonyl (C=O) groups excluding carboxylic acids is 1. The first-order valence-corrected chi connectivity index (χ1v) is 14.3. The number of phenolic OH excluding ortho intramolecular Hbond substituents is 3. The highest BCUT2D eigenvalue weighted by atomic mass is 16.7. The van der Waals surface area contributed by atoms with Gasteiger partial charge in [0.1, 0.15) is 65.5 Å². The third-order valence-corrected chi connectivity index (χ3v) is 7.32. The lowest BCUT2D eigenvalue weighted by molar-refractivity contribution is -0.301. The van der Waals surface area contributed by atoms with Crippen molar-refractivity contribution in [3.8, 4) is 28.7 Å². The van der Waals surface area contributed by atoms with Crippen molar-refractivity contribution in [2.75, 3.05) is 26.9 Å². The number of hydrogen-bond donors (Lipinski definition) is 9. The maximum atomic E-state index is 12.9. The van der Waals surface area contributed by atoms with Crippen molar-refractivity contribution in [1.82, 2.24) is 0 Å². The monoisotopic (exact) mass is 642 g/mol. The highest BCUT2D eigenvalue weighted by Crippen LogP contribution is 2.36. The van der Waals surface area contributed by atoms with Crippen molar-refractivity contribution in [2.45, 2.75) is 81.8 Å². The van der Waals surface area contributed by atoms with Gasteiger partial charge in [-0.15, -0.1) is 0 Å². The predicted molar refractivity (Wildman–Crippen MR) is 154 cm³/mol. The molecule has 0 radical (unpaired) electrons. The van der Waals surface area contributed by atoms with Gasteiger partial charge in [-0.1, -0.05) is 6.07 Å². The molecule has 45 heavy (non-hydrogen) atoms. The van der Waals surface area contributed by atoms with Gasteiger partial charge in [0.15, 0.2) is 17.3 Å². The molecular formula is C30H42O15. The molecule has 9 atom stereocenters. The Morgan fingerprint density at radius 1 is 0.978 bits per heavy atom. The first kappa shape index (κ1) is 36.2. The van der Waals surface area contributed by atoms with Crippen LogP contribution in [0.4, 0.5) is 0 Å². The smallest absolute Gasteiger partial charge is 0.229 e. The van der Waals surface area contributed by atoms with Crippen molar-refractivity contribution in [2.24, 2.45) is 0 Å². The van der Waals surface area contributed by atoms with Crippen molar-refractivity contribution < 1.29 is 74.4 Å². The SMILES string of the molecule is CCOc1cc(CCC(=O)c2c(O)cc(OC3OC(CO)C(O)C(O)C3OC(C)C(O)C(O)C(O)COC)cc2O)ccc1O. The van der Waals surface area contributed by atoms with E-state index in [4.69, 9.17) is 23.7 Å². The average molecular weight is 643 g/mol. The van der Waals surface area contributed by atoms with Crippen LogP contribution in [0.3, 0.4) is 0 Å². The van der Waals surface area contributed by atoms with Crippen molar-refractivity contribution in [3.05, 3.63) is 41.5 Å². The first-order chi connectivity index (χ1) is 21.3. The summed E-state index contributed by atoms with van der Waals surface area (Å²) in [6.07, 6.45) is -14.0. The van der Waals surface area contributed by atoms with Crippen LogP contribution < -0.4 is 9.47 Å². The minimum Gasteiger partial charge on any atom is -0.507 e. The van der Waals surface area contributed by atoms with Gasteiger partial charge in [-0.05, 0) is 38.0 Å². The van der Waals surface area contributed by atoms with E-state index in [0.29, 0.717) is 12.2 Å². The van der Waals surface area contributed by atoms with E-state index in [2.05, 4.69) is 0 Å².